The second kappa shape index (κ2) is 6.10. The van der Waals surface area contributed by atoms with Gasteiger partial charge in [0.2, 0.25) is 0 Å². The van der Waals surface area contributed by atoms with E-state index in [9.17, 15) is 8.78 Å². The van der Waals surface area contributed by atoms with Crippen molar-refractivity contribution in [3.8, 4) is 0 Å². The van der Waals surface area contributed by atoms with Crippen LogP contribution in [0.1, 0.15) is 17.2 Å². The van der Waals surface area contributed by atoms with Crippen LogP contribution in [0.2, 0.25) is 5.02 Å². The Balaban J connectivity index is 2.18. The van der Waals surface area contributed by atoms with Crippen LogP contribution in [-0.2, 0) is 6.42 Å². The van der Waals surface area contributed by atoms with Gasteiger partial charge in [-0.3, -0.25) is 11.3 Å². The highest BCUT2D eigenvalue weighted by Gasteiger charge is 2.12. The Hall–Kier alpha value is -1.49. The number of rotatable bonds is 4. The molecule has 2 nitrogen and oxygen atoms in total. The highest BCUT2D eigenvalue weighted by molar-refractivity contribution is 6.30. The second-order valence-corrected chi connectivity index (χ2v) is 4.66. The highest BCUT2D eigenvalue weighted by Crippen LogP contribution is 2.21. The Labute approximate surface area is 115 Å². The lowest BCUT2D eigenvalue weighted by Gasteiger charge is -2.16. The first-order valence-corrected chi connectivity index (χ1v) is 6.13. The summed E-state index contributed by atoms with van der Waals surface area (Å²) in [6.45, 7) is 0. The van der Waals surface area contributed by atoms with Gasteiger partial charge >= 0.3 is 0 Å². The molecular formula is C14H13ClF2N2. The van der Waals surface area contributed by atoms with Crippen LogP contribution in [0.25, 0.3) is 0 Å². The molecule has 0 saturated heterocycles. The van der Waals surface area contributed by atoms with Gasteiger partial charge in [0.1, 0.15) is 0 Å². The lowest BCUT2D eigenvalue weighted by Crippen LogP contribution is -2.29. The fourth-order valence-corrected chi connectivity index (χ4v) is 2.00. The Kier molecular flexibility index (Phi) is 4.47. The van der Waals surface area contributed by atoms with E-state index >= 15 is 0 Å². The van der Waals surface area contributed by atoms with Gasteiger partial charge in [0, 0.05) is 11.1 Å². The monoisotopic (exact) mass is 282 g/mol. The maximum atomic E-state index is 13.1. The molecule has 0 heterocycles. The number of nitrogens with two attached hydrogens (primary N) is 1. The van der Waals surface area contributed by atoms with Crippen molar-refractivity contribution in [3.63, 3.8) is 0 Å². The summed E-state index contributed by atoms with van der Waals surface area (Å²) in [6.07, 6.45) is 0.454. The standard InChI is InChI=1S/C14H13ClF2N2/c15-11-4-2-10(3-5-11)14(19-18)8-9-1-6-12(16)13(17)7-9/h1-7,14,19H,8,18H2. The summed E-state index contributed by atoms with van der Waals surface area (Å²) in [5, 5.41) is 0.632. The Morgan fingerprint density at radius 3 is 2.32 bits per heavy atom. The number of hydrazine groups is 1. The molecule has 0 amide bonds. The number of hydrogen-bond acceptors (Lipinski definition) is 2. The first-order chi connectivity index (χ1) is 9.10. The molecule has 1 unspecified atom stereocenters. The number of halogens is 3. The molecule has 19 heavy (non-hydrogen) atoms. The molecule has 2 aromatic rings. The molecule has 2 aromatic carbocycles. The van der Waals surface area contributed by atoms with Crippen LogP contribution >= 0.6 is 11.6 Å². The van der Waals surface area contributed by atoms with Gasteiger partial charge in [-0.05, 0) is 41.8 Å². The Morgan fingerprint density at radius 1 is 1.05 bits per heavy atom. The zero-order valence-electron chi connectivity index (χ0n) is 10.0. The second-order valence-electron chi connectivity index (χ2n) is 4.22. The first-order valence-electron chi connectivity index (χ1n) is 5.75. The molecule has 0 fully saturated rings. The number of benzene rings is 2. The quantitative estimate of drug-likeness (QED) is 0.666. The van der Waals surface area contributed by atoms with Gasteiger partial charge in [0.15, 0.2) is 11.6 Å². The summed E-state index contributed by atoms with van der Waals surface area (Å²) in [6, 6.07) is 10.8. The Bertz CT molecular complexity index is 558. The molecule has 0 aliphatic carbocycles. The molecule has 1 atom stereocenters. The molecule has 0 aromatic heterocycles. The maximum Gasteiger partial charge on any atom is 0.159 e. The highest BCUT2D eigenvalue weighted by atomic mass is 35.5. The smallest absolute Gasteiger partial charge is 0.159 e. The minimum Gasteiger partial charge on any atom is -0.271 e. The van der Waals surface area contributed by atoms with E-state index in [1.165, 1.54) is 6.07 Å². The molecule has 0 bridgehead atoms. The molecule has 2 rings (SSSR count). The average molecular weight is 283 g/mol. The minimum atomic E-state index is -0.857. The van der Waals surface area contributed by atoms with Crippen molar-refractivity contribution in [2.75, 3.05) is 0 Å². The van der Waals surface area contributed by atoms with Gasteiger partial charge in [-0.1, -0.05) is 29.8 Å². The SMILES string of the molecule is NNC(Cc1ccc(F)c(F)c1)c1ccc(Cl)cc1. The van der Waals surface area contributed by atoms with E-state index in [0.717, 1.165) is 11.6 Å². The van der Waals surface area contributed by atoms with E-state index in [1.807, 2.05) is 12.1 Å². The average Bonchev–Trinajstić information content (AvgIpc) is 2.41. The molecule has 0 aliphatic rings. The van der Waals surface area contributed by atoms with Crippen LogP contribution < -0.4 is 11.3 Å². The molecule has 3 N–H and O–H groups in total. The third kappa shape index (κ3) is 3.50. The van der Waals surface area contributed by atoms with Crippen LogP contribution in [0.3, 0.4) is 0 Å². The summed E-state index contributed by atoms with van der Waals surface area (Å²) in [4.78, 5) is 0. The minimum absolute atomic E-state index is 0.192. The molecule has 5 heteroatoms. The predicted octanol–water partition coefficient (Wildman–Crippen LogP) is 3.37. The van der Waals surface area contributed by atoms with Gasteiger partial charge in [-0.2, -0.15) is 0 Å². The lowest BCUT2D eigenvalue weighted by molar-refractivity contribution is 0.502. The summed E-state index contributed by atoms with van der Waals surface area (Å²) in [7, 11) is 0. The van der Waals surface area contributed by atoms with Crippen molar-refractivity contribution < 1.29 is 8.78 Å². The van der Waals surface area contributed by atoms with E-state index in [0.29, 0.717) is 17.0 Å². The predicted molar refractivity (Wildman–Crippen MR) is 71.6 cm³/mol. The summed E-state index contributed by atoms with van der Waals surface area (Å²) in [5.74, 6) is 3.80. The van der Waals surface area contributed by atoms with Crippen molar-refractivity contribution in [1.82, 2.24) is 5.43 Å². The van der Waals surface area contributed by atoms with Crippen LogP contribution in [0.15, 0.2) is 42.5 Å². The topological polar surface area (TPSA) is 38.0 Å². The molecule has 0 aliphatic heterocycles. The van der Waals surface area contributed by atoms with Gasteiger partial charge in [-0.25, -0.2) is 8.78 Å². The Morgan fingerprint density at radius 2 is 1.74 bits per heavy atom. The van der Waals surface area contributed by atoms with Crippen molar-refractivity contribution in [1.29, 1.82) is 0 Å². The molecule has 100 valence electrons. The largest absolute Gasteiger partial charge is 0.271 e. The molecule has 0 spiro atoms. The van der Waals surface area contributed by atoms with Crippen molar-refractivity contribution in [3.05, 3.63) is 70.2 Å². The number of nitrogens with one attached hydrogen (secondary N) is 1. The fourth-order valence-electron chi connectivity index (χ4n) is 1.87. The molecule has 0 radical (unpaired) electrons. The van der Waals surface area contributed by atoms with Gasteiger partial charge in [0.25, 0.3) is 0 Å². The third-order valence-corrected chi connectivity index (χ3v) is 3.15. The van der Waals surface area contributed by atoms with Gasteiger partial charge < -0.3 is 0 Å². The van der Waals surface area contributed by atoms with Crippen molar-refractivity contribution in [2.45, 2.75) is 12.5 Å². The lowest BCUT2D eigenvalue weighted by atomic mass is 9.99. The zero-order valence-corrected chi connectivity index (χ0v) is 10.8. The maximum absolute atomic E-state index is 13.1. The van der Waals surface area contributed by atoms with E-state index < -0.39 is 11.6 Å². The van der Waals surface area contributed by atoms with Crippen molar-refractivity contribution in [2.24, 2.45) is 5.84 Å². The van der Waals surface area contributed by atoms with Crippen LogP contribution in [-0.4, -0.2) is 0 Å². The zero-order chi connectivity index (χ0) is 13.8. The van der Waals surface area contributed by atoms with Crippen LogP contribution in [0, 0.1) is 11.6 Å². The third-order valence-electron chi connectivity index (χ3n) is 2.90. The van der Waals surface area contributed by atoms with Gasteiger partial charge in [-0.15, -0.1) is 0 Å². The van der Waals surface area contributed by atoms with Gasteiger partial charge in [0.05, 0.1) is 0 Å². The number of hydrogen-bond donors (Lipinski definition) is 2. The normalized spacial score (nSPS) is 12.4. The summed E-state index contributed by atoms with van der Waals surface area (Å²) < 4.78 is 26.0. The molecule has 0 saturated carbocycles. The summed E-state index contributed by atoms with van der Waals surface area (Å²) >= 11 is 5.82. The van der Waals surface area contributed by atoms with E-state index in [-0.39, 0.29) is 6.04 Å². The fraction of sp³-hybridized carbons (Fsp3) is 0.143. The van der Waals surface area contributed by atoms with E-state index in [2.05, 4.69) is 5.43 Å². The van der Waals surface area contributed by atoms with Crippen LogP contribution in [0.5, 0.6) is 0 Å². The van der Waals surface area contributed by atoms with E-state index in [4.69, 9.17) is 17.4 Å². The summed E-state index contributed by atoms with van der Waals surface area (Å²) in [5.41, 5.74) is 4.25. The molecular weight excluding hydrogens is 270 g/mol. The first kappa shape index (κ1) is 13.9. The van der Waals surface area contributed by atoms with Crippen LogP contribution in [0.4, 0.5) is 8.78 Å². The van der Waals surface area contributed by atoms with E-state index in [1.54, 1.807) is 18.2 Å². The van der Waals surface area contributed by atoms with Crippen molar-refractivity contribution >= 4 is 11.6 Å².